The minimum absolute atomic E-state index is 0.130. The maximum atomic E-state index is 13.0. The molecule has 1 amide bonds. The van der Waals surface area contributed by atoms with E-state index in [-0.39, 0.29) is 6.54 Å². The van der Waals surface area contributed by atoms with Crippen LogP contribution < -0.4 is 5.32 Å². The standard InChI is InChI=1S/C13H24FNO4S/c1-12(2,3)19-11(16)15-9-13(10-20(14,17)18)7-5-4-6-8-13/h4-10H2,1-3H3,(H,15,16). The molecule has 0 radical (unpaired) electrons. The summed E-state index contributed by atoms with van der Waals surface area (Å²) in [5, 5.41) is 2.58. The largest absolute Gasteiger partial charge is 0.444 e. The fourth-order valence-corrected chi connectivity index (χ4v) is 3.74. The third-order valence-electron chi connectivity index (χ3n) is 3.40. The van der Waals surface area contributed by atoms with Crippen LogP contribution in [0.25, 0.3) is 0 Å². The van der Waals surface area contributed by atoms with Gasteiger partial charge in [-0.05, 0) is 33.6 Å². The molecular formula is C13H24FNO4S. The van der Waals surface area contributed by atoms with Crippen LogP contribution >= 0.6 is 0 Å². The fourth-order valence-electron chi connectivity index (χ4n) is 2.61. The van der Waals surface area contributed by atoms with Crippen LogP contribution in [0.15, 0.2) is 0 Å². The molecule has 5 nitrogen and oxygen atoms in total. The summed E-state index contributed by atoms with van der Waals surface area (Å²) in [5.41, 5.74) is -1.32. The summed E-state index contributed by atoms with van der Waals surface area (Å²) in [6, 6.07) is 0. The molecule has 1 N–H and O–H groups in total. The Morgan fingerprint density at radius 3 is 2.25 bits per heavy atom. The van der Waals surface area contributed by atoms with Gasteiger partial charge in [-0.2, -0.15) is 8.42 Å². The van der Waals surface area contributed by atoms with E-state index in [2.05, 4.69) is 5.32 Å². The third-order valence-corrected chi connectivity index (χ3v) is 4.36. The van der Waals surface area contributed by atoms with E-state index in [4.69, 9.17) is 4.74 Å². The minimum atomic E-state index is -4.56. The first-order valence-electron chi connectivity index (χ1n) is 6.91. The first kappa shape index (κ1) is 17.2. The molecule has 0 atom stereocenters. The zero-order valence-corrected chi connectivity index (χ0v) is 13.2. The fraction of sp³-hybridized carbons (Fsp3) is 0.923. The molecule has 20 heavy (non-hydrogen) atoms. The molecule has 1 fully saturated rings. The number of ether oxygens (including phenoxy) is 1. The predicted octanol–water partition coefficient (Wildman–Crippen LogP) is 2.76. The van der Waals surface area contributed by atoms with Crippen molar-refractivity contribution < 1.29 is 21.8 Å². The second-order valence-corrected chi connectivity index (χ2v) is 7.97. The van der Waals surface area contributed by atoms with Crippen LogP contribution in [-0.2, 0) is 15.0 Å². The summed E-state index contributed by atoms with van der Waals surface area (Å²) < 4.78 is 40.1. The summed E-state index contributed by atoms with van der Waals surface area (Å²) in [4.78, 5) is 11.6. The van der Waals surface area contributed by atoms with Crippen molar-refractivity contribution in [1.82, 2.24) is 5.32 Å². The molecule has 0 aromatic rings. The van der Waals surface area contributed by atoms with Crippen LogP contribution in [0.4, 0.5) is 8.68 Å². The Hall–Kier alpha value is -0.850. The van der Waals surface area contributed by atoms with Gasteiger partial charge < -0.3 is 10.1 Å². The molecule has 1 saturated carbocycles. The Kier molecular flexibility index (Phi) is 5.40. The van der Waals surface area contributed by atoms with Gasteiger partial charge in [-0.3, -0.25) is 0 Å². The van der Waals surface area contributed by atoms with Gasteiger partial charge in [-0.1, -0.05) is 19.3 Å². The maximum absolute atomic E-state index is 13.0. The number of nitrogens with one attached hydrogen (secondary N) is 1. The first-order valence-corrected chi connectivity index (χ1v) is 8.46. The Balaban J connectivity index is 2.64. The van der Waals surface area contributed by atoms with Gasteiger partial charge in [0.15, 0.2) is 0 Å². The van der Waals surface area contributed by atoms with E-state index < -0.39 is 33.1 Å². The number of alkyl carbamates (subject to hydrolysis) is 1. The normalized spacial score (nSPS) is 19.4. The third kappa shape index (κ3) is 6.54. The van der Waals surface area contributed by atoms with Gasteiger partial charge >= 0.3 is 16.3 Å². The molecule has 0 saturated heterocycles. The molecule has 7 heteroatoms. The number of amides is 1. The van der Waals surface area contributed by atoms with E-state index in [1.807, 2.05) is 0 Å². The highest BCUT2D eigenvalue weighted by molar-refractivity contribution is 7.86. The Labute approximate surface area is 120 Å². The highest BCUT2D eigenvalue weighted by atomic mass is 32.3. The summed E-state index contributed by atoms with van der Waals surface area (Å²) in [6.07, 6.45) is 3.33. The van der Waals surface area contributed by atoms with Crippen molar-refractivity contribution >= 4 is 16.3 Å². The van der Waals surface area contributed by atoms with E-state index in [1.54, 1.807) is 20.8 Å². The number of halogens is 1. The zero-order valence-electron chi connectivity index (χ0n) is 12.4. The summed E-state index contributed by atoms with van der Waals surface area (Å²) >= 11 is 0. The van der Waals surface area contributed by atoms with Crippen LogP contribution in [-0.4, -0.2) is 32.4 Å². The molecule has 0 bridgehead atoms. The second kappa shape index (κ2) is 6.28. The maximum Gasteiger partial charge on any atom is 0.407 e. The lowest BCUT2D eigenvalue weighted by molar-refractivity contribution is 0.0491. The van der Waals surface area contributed by atoms with Crippen LogP contribution in [0.5, 0.6) is 0 Å². The topological polar surface area (TPSA) is 72.5 Å². The number of carbonyl (C=O) groups is 1. The van der Waals surface area contributed by atoms with Gasteiger partial charge in [0.1, 0.15) is 5.60 Å². The quantitative estimate of drug-likeness (QED) is 0.810. The van der Waals surface area contributed by atoms with E-state index in [9.17, 15) is 17.1 Å². The van der Waals surface area contributed by atoms with Crippen molar-refractivity contribution in [2.24, 2.45) is 5.41 Å². The number of rotatable bonds is 4. The van der Waals surface area contributed by atoms with Crippen LogP contribution in [0.3, 0.4) is 0 Å². The number of hydrogen-bond acceptors (Lipinski definition) is 4. The van der Waals surface area contributed by atoms with Gasteiger partial charge in [0.05, 0.1) is 5.75 Å². The van der Waals surface area contributed by atoms with Crippen molar-refractivity contribution in [3.05, 3.63) is 0 Å². The van der Waals surface area contributed by atoms with E-state index in [0.717, 1.165) is 19.3 Å². The van der Waals surface area contributed by atoms with Crippen molar-refractivity contribution in [3.8, 4) is 0 Å². The minimum Gasteiger partial charge on any atom is -0.444 e. The lowest BCUT2D eigenvalue weighted by Gasteiger charge is -2.36. The van der Waals surface area contributed by atoms with E-state index in [0.29, 0.717) is 12.8 Å². The predicted molar refractivity (Wildman–Crippen MR) is 74.6 cm³/mol. The lowest BCUT2D eigenvalue weighted by atomic mass is 9.75. The monoisotopic (exact) mass is 309 g/mol. The molecule has 1 aliphatic rings. The van der Waals surface area contributed by atoms with Crippen molar-refractivity contribution in [1.29, 1.82) is 0 Å². The van der Waals surface area contributed by atoms with E-state index >= 15 is 0 Å². The second-order valence-electron chi connectivity index (χ2n) is 6.60. The van der Waals surface area contributed by atoms with Crippen molar-refractivity contribution in [2.75, 3.05) is 12.3 Å². The molecule has 0 spiro atoms. The van der Waals surface area contributed by atoms with Crippen molar-refractivity contribution in [3.63, 3.8) is 0 Å². The molecular weight excluding hydrogens is 285 g/mol. The molecule has 118 valence electrons. The van der Waals surface area contributed by atoms with Gasteiger partial charge in [0.25, 0.3) is 0 Å². The van der Waals surface area contributed by atoms with Gasteiger partial charge in [0.2, 0.25) is 0 Å². The summed E-state index contributed by atoms with van der Waals surface area (Å²) in [6.45, 7) is 5.37. The summed E-state index contributed by atoms with van der Waals surface area (Å²) in [5.74, 6) is -0.532. The van der Waals surface area contributed by atoms with Crippen LogP contribution in [0, 0.1) is 5.41 Å². The van der Waals surface area contributed by atoms with E-state index in [1.165, 1.54) is 0 Å². The molecule has 0 unspecified atom stereocenters. The Bertz CT molecular complexity index is 436. The Morgan fingerprint density at radius 1 is 1.25 bits per heavy atom. The molecule has 1 aliphatic carbocycles. The van der Waals surface area contributed by atoms with Crippen molar-refractivity contribution in [2.45, 2.75) is 58.5 Å². The van der Waals surface area contributed by atoms with Gasteiger partial charge in [0, 0.05) is 12.0 Å². The highest BCUT2D eigenvalue weighted by Gasteiger charge is 2.37. The molecule has 0 aliphatic heterocycles. The Morgan fingerprint density at radius 2 is 1.80 bits per heavy atom. The molecule has 1 rings (SSSR count). The first-order chi connectivity index (χ1) is 9.02. The van der Waals surface area contributed by atoms with Crippen LogP contribution in [0.2, 0.25) is 0 Å². The SMILES string of the molecule is CC(C)(C)OC(=O)NCC1(CS(=O)(=O)F)CCCCC1. The lowest BCUT2D eigenvalue weighted by Crippen LogP contribution is -2.44. The average Bonchev–Trinajstić information content (AvgIpc) is 2.23. The molecule has 0 heterocycles. The highest BCUT2D eigenvalue weighted by Crippen LogP contribution is 2.37. The van der Waals surface area contributed by atoms with Gasteiger partial charge in [-0.15, -0.1) is 3.89 Å². The molecule has 0 aromatic carbocycles. The number of hydrogen-bond donors (Lipinski definition) is 1. The van der Waals surface area contributed by atoms with Crippen LogP contribution in [0.1, 0.15) is 52.9 Å². The smallest absolute Gasteiger partial charge is 0.407 e. The summed E-state index contributed by atoms with van der Waals surface area (Å²) in [7, 11) is -4.56. The van der Waals surface area contributed by atoms with Gasteiger partial charge in [-0.25, -0.2) is 4.79 Å². The molecule has 0 aromatic heterocycles. The zero-order chi connectivity index (χ0) is 15.4. The number of carbonyl (C=O) groups excluding carboxylic acids is 1. The average molecular weight is 309 g/mol.